The van der Waals surface area contributed by atoms with Crippen molar-refractivity contribution in [2.75, 3.05) is 0 Å². The van der Waals surface area contributed by atoms with Crippen LogP contribution in [0, 0.1) is 17.5 Å². The molecule has 5 heteroatoms. The van der Waals surface area contributed by atoms with Gasteiger partial charge in [-0.3, -0.25) is 0 Å². The molecule has 0 fully saturated rings. The zero-order chi connectivity index (χ0) is 10.9. The van der Waals surface area contributed by atoms with Gasteiger partial charge in [0, 0.05) is 5.56 Å². The maximum atomic E-state index is 13.0. The quantitative estimate of drug-likeness (QED) is 0.720. The van der Waals surface area contributed by atoms with Gasteiger partial charge in [-0.15, -0.1) is 0 Å². The van der Waals surface area contributed by atoms with Crippen LogP contribution >= 0.6 is 0 Å². The molecule has 1 aromatic carbocycles. The van der Waals surface area contributed by atoms with Crippen molar-refractivity contribution >= 4 is 0 Å². The van der Waals surface area contributed by atoms with Gasteiger partial charge in [0.1, 0.15) is 6.10 Å². The lowest BCUT2D eigenvalue weighted by Gasteiger charge is -2.14. The van der Waals surface area contributed by atoms with Gasteiger partial charge >= 0.3 is 0 Å². The van der Waals surface area contributed by atoms with Crippen LogP contribution in [0.15, 0.2) is 12.1 Å². The molecule has 0 bridgehead atoms. The fourth-order valence-corrected chi connectivity index (χ4v) is 1.03. The Labute approximate surface area is 78.6 Å². The highest BCUT2D eigenvalue weighted by Gasteiger charge is 2.21. The van der Waals surface area contributed by atoms with E-state index in [1.165, 1.54) is 6.92 Å². The number of aliphatic hydroxyl groups excluding tert-OH is 2. The van der Waals surface area contributed by atoms with E-state index in [0.29, 0.717) is 6.07 Å². The first kappa shape index (κ1) is 11.0. The molecule has 2 nitrogen and oxygen atoms in total. The molecule has 1 rings (SSSR count). The van der Waals surface area contributed by atoms with E-state index in [1.54, 1.807) is 0 Å². The number of aliphatic hydroxyl groups is 2. The monoisotopic (exact) mass is 206 g/mol. The van der Waals surface area contributed by atoms with Crippen molar-refractivity contribution in [3.63, 3.8) is 0 Å². The number of hydrogen-bond donors (Lipinski definition) is 2. The molecule has 0 aliphatic heterocycles. The SMILES string of the molecule is CC(O)C(O)c1ccc(F)c(F)c1F. The Morgan fingerprint density at radius 3 is 2.14 bits per heavy atom. The maximum absolute atomic E-state index is 13.0. The van der Waals surface area contributed by atoms with Crippen LogP contribution in [0.25, 0.3) is 0 Å². The molecule has 2 atom stereocenters. The van der Waals surface area contributed by atoms with Gasteiger partial charge in [0.25, 0.3) is 0 Å². The van der Waals surface area contributed by atoms with E-state index in [4.69, 9.17) is 5.11 Å². The Bertz CT molecular complexity index is 339. The molecule has 2 N–H and O–H groups in total. The summed E-state index contributed by atoms with van der Waals surface area (Å²) in [5.74, 6) is -4.45. The van der Waals surface area contributed by atoms with Gasteiger partial charge in [-0.1, -0.05) is 6.07 Å². The van der Waals surface area contributed by atoms with E-state index in [1.807, 2.05) is 0 Å². The Morgan fingerprint density at radius 2 is 1.64 bits per heavy atom. The van der Waals surface area contributed by atoms with Crippen LogP contribution in [0.1, 0.15) is 18.6 Å². The van der Waals surface area contributed by atoms with Crippen LogP contribution < -0.4 is 0 Å². The molecular formula is C9H9F3O2. The third kappa shape index (κ3) is 1.88. The van der Waals surface area contributed by atoms with Gasteiger partial charge in [-0.25, -0.2) is 13.2 Å². The topological polar surface area (TPSA) is 40.5 Å². The average Bonchev–Trinajstić information content (AvgIpc) is 2.13. The summed E-state index contributed by atoms with van der Waals surface area (Å²) in [6.07, 6.45) is -2.82. The molecule has 0 aliphatic rings. The minimum Gasteiger partial charge on any atom is -0.390 e. The number of rotatable bonds is 2. The Kier molecular flexibility index (Phi) is 3.13. The van der Waals surface area contributed by atoms with Crippen molar-refractivity contribution in [1.82, 2.24) is 0 Å². The second kappa shape index (κ2) is 3.98. The van der Waals surface area contributed by atoms with E-state index < -0.39 is 35.2 Å². The third-order valence-corrected chi connectivity index (χ3v) is 1.84. The standard InChI is InChI=1S/C9H9F3O2/c1-4(13)9(14)5-2-3-6(10)8(12)7(5)11/h2-4,9,13-14H,1H3. The van der Waals surface area contributed by atoms with Gasteiger partial charge in [-0.05, 0) is 13.0 Å². The number of hydrogen-bond acceptors (Lipinski definition) is 2. The van der Waals surface area contributed by atoms with Crippen LogP contribution in [0.5, 0.6) is 0 Å². The van der Waals surface area contributed by atoms with Crippen molar-refractivity contribution in [3.05, 3.63) is 35.1 Å². The summed E-state index contributed by atoms with van der Waals surface area (Å²) >= 11 is 0. The van der Waals surface area contributed by atoms with Gasteiger partial charge in [0.15, 0.2) is 17.5 Å². The van der Waals surface area contributed by atoms with E-state index >= 15 is 0 Å². The number of benzene rings is 1. The molecule has 78 valence electrons. The van der Waals surface area contributed by atoms with Crippen LogP contribution in [0.3, 0.4) is 0 Å². The van der Waals surface area contributed by atoms with Gasteiger partial charge in [0.2, 0.25) is 0 Å². The molecule has 0 aliphatic carbocycles. The van der Waals surface area contributed by atoms with E-state index in [2.05, 4.69) is 0 Å². The number of halogens is 3. The maximum Gasteiger partial charge on any atom is 0.194 e. The van der Waals surface area contributed by atoms with Gasteiger partial charge < -0.3 is 10.2 Å². The lowest BCUT2D eigenvalue weighted by atomic mass is 10.0. The molecular weight excluding hydrogens is 197 g/mol. The van der Waals surface area contributed by atoms with Crippen molar-refractivity contribution in [2.45, 2.75) is 19.1 Å². The zero-order valence-corrected chi connectivity index (χ0v) is 7.34. The lowest BCUT2D eigenvalue weighted by molar-refractivity contribution is 0.0278. The normalized spacial score (nSPS) is 15.3. The van der Waals surface area contributed by atoms with E-state index in [-0.39, 0.29) is 0 Å². The second-order valence-corrected chi connectivity index (χ2v) is 2.95. The molecule has 0 saturated heterocycles. The van der Waals surface area contributed by atoms with E-state index in [9.17, 15) is 18.3 Å². The smallest absolute Gasteiger partial charge is 0.194 e. The summed E-state index contributed by atoms with van der Waals surface area (Å²) in [5, 5.41) is 18.1. The molecule has 0 spiro atoms. The average molecular weight is 206 g/mol. The van der Waals surface area contributed by atoms with E-state index in [0.717, 1.165) is 6.07 Å². The summed E-state index contributed by atoms with van der Waals surface area (Å²) in [7, 11) is 0. The molecule has 0 radical (unpaired) electrons. The molecule has 14 heavy (non-hydrogen) atoms. The fraction of sp³-hybridized carbons (Fsp3) is 0.333. The Balaban J connectivity index is 3.17. The highest BCUT2D eigenvalue weighted by Crippen LogP contribution is 2.23. The van der Waals surface area contributed by atoms with Crippen molar-refractivity contribution in [2.24, 2.45) is 0 Å². The third-order valence-electron chi connectivity index (χ3n) is 1.84. The first-order valence-electron chi connectivity index (χ1n) is 3.94. The molecule has 2 unspecified atom stereocenters. The summed E-state index contributed by atoms with van der Waals surface area (Å²) in [5.41, 5.74) is -0.459. The second-order valence-electron chi connectivity index (χ2n) is 2.95. The fourth-order valence-electron chi connectivity index (χ4n) is 1.03. The first-order chi connectivity index (χ1) is 6.45. The van der Waals surface area contributed by atoms with Crippen LogP contribution in [-0.4, -0.2) is 16.3 Å². The van der Waals surface area contributed by atoms with Crippen LogP contribution in [0.4, 0.5) is 13.2 Å². The minimum absolute atomic E-state index is 0.459. The van der Waals surface area contributed by atoms with Gasteiger partial charge in [0.05, 0.1) is 6.10 Å². The minimum atomic E-state index is -1.65. The molecule has 0 aromatic heterocycles. The summed E-state index contributed by atoms with van der Waals surface area (Å²) in [6.45, 7) is 1.21. The first-order valence-corrected chi connectivity index (χ1v) is 3.94. The van der Waals surface area contributed by atoms with Crippen molar-refractivity contribution < 1.29 is 23.4 Å². The zero-order valence-electron chi connectivity index (χ0n) is 7.34. The van der Waals surface area contributed by atoms with Crippen LogP contribution in [0.2, 0.25) is 0 Å². The van der Waals surface area contributed by atoms with Gasteiger partial charge in [-0.2, -0.15) is 0 Å². The summed E-state index contributed by atoms with van der Waals surface area (Å²) in [6, 6.07) is 1.59. The Morgan fingerprint density at radius 1 is 1.07 bits per heavy atom. The highest BCUT2D eigenvalue weighted by atomic mass is 19.2. The molecule has 1 aromatic rings. The highest BCUT2D eigenvalue weighted by molar-refractivity contribution is 5.23. The largest absolute Gasteiger partial charge is 0.390 e. The van der Waals surface area contributed by atoms with Crippen LogP contribution in [-0.2, 0) is 0 Å². The van der Waals surface area contributed by atoms with Crippen molar-refractivity contribution in [1.29, 1.82) is 0 Å². The Hall–Kier alpha value is -1.07. The lowest BCUT2D eigenvalue weighted by Crippen LogP contribution is -2.16. The van der Waals surface area contributed by atoms with Crippen molar-refractivity contribution in [3.8, 4) is 0 Å². The molecule has 0 saturated carbocycles. The summed E-state index contributed by atoms with van der Waals surface area (Å²) in [4.78, 5) is 0. The predicted molar refractivity (Wildman–Crippen MR) is 43.0 cm³/mol. The molecule has 0 heterocycles. The predicted octanol–water partition coefficient (Wildman–Crippen LogP) is 1.52. The summed E-state index contributed by atoms with van der Waals surface area (Å²) < 4.78 is 38.1. The molecule has 0 amide bonds.